The lowest BCUT2D eigenvalue weighted by molar-refractivity contribution is 0.0774. The molecule has 2 N–H and O–H groups in total. The Bertz CT molecular complexity index is 573. The average molecular weight is 288 g/mol. The van der Waals surface area contributed by atoms with Gasteiger partial charge in [-0.2, -0.15) is 0 Å². The number of benzene rings is 1. The second-order valence-corrected chi connectivity index (χ2v) is 5.80. The van der Waals surface area contributed by atoms with Crippen molar-refractivity contribution in [2.24, 2.45) is 0 Å². The molecule has 0 atom stereocenters. The van der Waals surface area contributed by atoms with E-state index in [1.807, 2.05) is 38.1 Å². The number of thiophene rings is 1. The fraction of sp³-hybridized carbons (Fsp3) is 0.312. The van der Waals surface area contributed by atoms with Crippen LogP contribution in [0, 0.1) is 0 Å². The van der Waals surface area contributed by atoms with Crippen LogP contribution in [0.1, 0.15) is 34.6 Å². The van der Waals surface area contributed by atoms with Crippen molar-refractivity contribution in [1.82, 2.24) is 4.90 Å². The van der Waals surface area contributed by atoms with Crippen LogP contribution >= 0.6 is 11.3 Å². The molecule has 2 rings (SSSR count). The van der Waals surface area contributed by atoms with Gasteiger partial charge in [0.05, 0.1) is 10.6 Å². The summed E-state index contributed by atoms with van der Waals surface area (Å²) in [6, 6.07) is 12.2. The Morgan fingerprint density at radius 3 is 2.45 bits per heavy atom. The number of nitrogens with zero attached hydrogens (tertiary/aromatic N) is 1. The van der Waals surface area contributed by atoms with Crippen molar-refractivity contribution in [2.75, 3.05) is 18.8 Å². The Hall–Kier alpha value is -1.81. The highest BCUT2D eigenvalue weighted by Gasteiger charge is 2.18. The Labute approximate surface area is 124 Å². The zero-order chi connectivity index (χ0) is 14.5. The maximum atomic E-state index is 12.3. The first-order valence-corrected chi connectivity index (χ1v) is 7.68. The first-order valence-electron chi connectivity index (χ1n) is 6.87. The van der Waals surface area contributed by atoms with E-state index in [0.29, 0.717) is 23.7 Å². The highest BCUT2D eigenvalue weighted by Crippen LogP contribution is 2.28. The van der Waals surface area contributed by atoms with Crippen LogP contribution in [-0.2, 0) is 6.42 Å². The summed E-state index contributed by atoms with van der Waals surface area (Å²) < 4.78 is 0. The lowest BCUT2D eigenvalue weighted by atomic mass is 10.1. The lowest BCUT2D eigenvalue weighted by Gasteiger charge is -2.18. The van der Waals surface area contributed by atoms with Gasteiger partial charge in [-0.15, -0.1) is 11.3 Å². The summed E-state index contributed by atoms with van der Waals surface area (Å²) in [7, 11) is 0. The SMILES string of the molecule is CCN(CC)C(=O)c1cc(Cc2ccccc2)sc1N. The molecule has 0 radical (unpaired) electrons. The normalized spacial score (nSPS) is 10.5. The largest absolute Gasteiger partial charge is 0.390 e. The van der Waals surface area contributed by atoms with Crippen molar-refractivity contribution in [3.8, 4) is 0 Å². The molecule has 0 aliphatic rings. The van der Waals surface area contributed by atoms with Gasteiger partial charge < -0.3 is 10.6 Å². The second-order valence-electron chi connectivity index (χ2n) is 4.63. The maximum Gasteiger partial charge on any atom is 0.256 e. The van der Waals surface area contributed by atoms with Crippen molar-refractivity contribution in [2.45, 2.75) is 20.3 Å². The number of nitrogen functional groups attached to an aromatic ring is 1. The molecule has 106 valence electrons. The number of anilines is 1. The number of hydrogen-bond acceptors (Lipinski definition) is 3. The molecule has 2 aromatic rings. The van der Waals surface area contributed by atoms with E-state index in [-0.39, 0.29) is 5.91 Å². The van der Waals surface area contributed by atoms with Gasteiger partial charge in [-0.05, 0) is 25.5 Å². The van der Waals surface area contributed by atoms with E-state index in [1.54, 1.807) is 4.90 Å². The van der Waals surface area contributed by atoms with E-state index < -0.39 is 0 Å². The molecule has 0 bridgehead atoms. The lowest BCUT2D eigenvalue weighted by Crippen LogP contribution is -2.30. The van der Waals surface area contributed by atoms with Crippen LogP contribution in [0.2, 0.25) is 0 Å². The molecule has 1 aromatic heterocycles. The van der Waals surface area contributed by atoms with Crippen molar-refractivity contribution in [3.05, 3.63) is 52.4 Å². The topological polar surface area (TPSA) is 46.3 Å². The van der Waals surface area contributed by atoms with Gasteiger partial charge in [-0.25, -0.2) is 0 Å². The highest BCUT2D eigenvalue weighted by molar-refractivity contribution is 7.16. The number of amides is 1. The molecule has 0 aliphatic heterocycles. The monoisotopic (exact) mass is 288 g/mol. The minimum absolute atomic E-state index is 0.0306. The smallest absolute Gasteiger partial charge is 0.256 e. The average Bonchev–Trinajstić information content (AvgIpc) is 2.82. The summed E-state index contributed by atoms with van der Waals surface area (Å²) in [5, 5.41) is 0.618. The minimum Gasteiger partial charge on any atom is -0.390 e. The molecular weight excluding hydrogens is 268 g/mol. The van der Waals surface area contributed by atoms with Crippen LogP contribution in [0.5, 0.6) is 0 Å². The summed E-state index contributed by atoms with van der Waals surface area (Å²) in [6.07, 6.45) is 0.821. The Morgan fingerprint density at radius 1 is 1.20 bits per heavy atom. The van der Waals surface area contributed by atoms with E-state index in [2.05, 4.69) is 12.1 Å². The van der Waals surface area contributed by atoms with E-state index in [9.17, 15) is 4.79 Å². The molecular formula is C16H20N2OS. The molecule has 1 heterocycles. The first-order chi connectivity index (χ1) is 9.65. The predicted octanol–water partition coefficient (Wildman–Crippen LogP) is 3.40. The molecule has 1 amide bonds. The van der Waals surface area contributed by atoms with E-state index in [1.165, 1.54) is 16.9 Å². The van der Waals surface area contributed by atoms with Gasteiger partial charge in [0.1, 0.15) is 0 Å². The number of rotatable bonds is 5. The maximum absolute atomic E-state index is 12.3. The van der Waals surface area contributed by atoms with Gasteiger partial charge in [-0.3, -0.25) is 4.79 Å². The molecule has 0 fully saturated rings. The molecule has 0 unspecified atom stereocenters. The minimum atomic E-state index is 0.0306. The van der Waals surface area contributed by atoms with Crippen molar-refractivity contribution >= 4 is 22.2 Å². The van der Waals surface area contributed by atoms with Crippen molar-refractivity contribution in [1.29, 1.82) is 0 Å². The zero-order valence-electron chi connectivity index (χ0n) is 11.9. The Morgan fingerprint density at radius 2 is 1.85 bits per heavy atom. The zero-order valence-corrected chi connectivity index (χ0v) is 12.7. The Kier molecular flexibility index (Phi) is 4.79. The van der Waals surface area contributed by atoms with Gasteiger partial charge >= 0.3 is 0 Å². The van der Waals surface area contributed by atoms with Gasteiger partial charge in [0.2, 0.25) is 0 Å². The van der Waals surface area contributed by atoms with Crippen LogP contribution in [0.3, 0.4) is 0 Å². The standard InChI is InChI=1S/C16H20N2OS/c1-3-18(4-2)16(19)14-11-13(20-15(14)17)10-12-8-6-5-7-9-12/h5-9,11H,3-4,10,17H2,1-2H3. The molecule has 0 spiro atoms. The molecule has 4 heteroatoms. The van der Waals surface area contributed by atoms with Gasteiger partial charge in [0, 0.05) is 24.4 Å². The summed E-state index contributed by atoms with van der Waals surface area (Å²) >= 11 is 1.51. The third-order valence-corrected chi connectivity index (χ3v) is 4.28. The highest BCUT2D eigenvalue weighted by atomic mass is 32.1. The Balaban J connectivity index is 2.19. The van der Waals surface area contributed by atoms with Crippen LogP contribution < -0.4 is 5.73 Å². The predicted molar refractivity (Wildman–Crippen MR) is 85.2 cm³/mol. The molecule has 20 heavy (non-hydrogen) atoms. The fourth-order valence-electron chi connectivity index (χ4n) is 2.19. The summed E-state index contributed by atoms with van der Waals surface area (Å²) in [5.74, 6) is 0.0306. The molecule has 3 nitrogen and oxygen atoms in total. The second kappa shape index (κ2) is 6.57. The molecule has 0 saturated heterocycles. The third kappa shape index (κ3) is 3.20. The van der Waals surface area contributed by atoms with Gasteiger partial charge in [0.25, 0.3) is 5.91 Å². The van der Waals surface area contributed by atoms with Crippen molar-refractivity contribution in [3.63, 3.8) is 0 Å². The number of nitrogens with two attached hydrogens (primary N) is 1. The number of carbonyl (C=O) groups excluding carboxylic acids is 1. The van der Waals surface area contributed by atoms with Crippen LogP contribution in [-0.4, -0.2) is 23.9 Å². The summed E-state index contributed by atoms with van der Waals surface area (Å²) in [6.45, 7) is 5.38. The number of hydrogen-bond donors (Lipinski definition) is 1. The summed E-state index contributed by atoms with van der Waals surface area (Å²) in [4.78, 5) is 15.3. The first kappa shape index (κ1) is 14.6. The fourth-order valence-corrected chi connectivity index (χ4v) is 3.14. The van der Waals surface area contributed by atoms with E-state index in [0.717, 1.165) is 11.3 Å². The molecule has 0 saturated carbocycles. The molecule has 1 aromatic carbocycles. The third-order valence-electron chi connectivity index (χ3n) is 3.31. The summed E-state index contributed by atoms with van der Waals surface area (Å²) in [5.41, 5.74) is 7.89. The van der Waals surface area contributed by atoms with Gasteiger partial charge in [0.15, 0.2) is 0 Å². The quantitative estimate of drug-likeness (QED) is 0.916. The number of carbonyl (C=O) groups is 1. The van der Waals surface area contributed by atoms with Crippen LogP contribution in [0.15, 0.2) is 36.4 Å². The van der Waals surface area contributed by atoms with Crippen molar-refractivity contribution < 1.29 is 4.79 Å². The van der Waals surface area contributed by atoms with E-state index >= 15 is 0 Å². The molecule has 0 aliphatic carbocycles. The van der Waals surface area contributed by atoms with Crippen LogP contribution in [0.25, 0.3) is 0 Å². The van der Waals surface area contributed by atoms with Crippen LogP contribution in [0.4, 0.5) is 5.00 Å². The van der Waals surface area contributed by atoms with E-state index in [4.69, 9.17) is 5.73 Å². The van der Waals surface area contributed by atoms with Gasteiger partial charge in [-0.1, -0.05) is 30.3 Å².